The molecule has 1 heterocycles. The zero-order valence-electron chi connectivity index (χ0n) is 10.7. The molecule has 0 unspecified atom stereocenters. The molecule has 3 rings (SSSR count). The minimum absolute atomic E-state index is 0.777. The summed E-state index contributed by atoms with van der Waals surface area (Å²) in [5, 5.41) is 4.96. The molecule has 0 saturated heterocycles. The fourth-order valence-corrected chi connectivity index (χ4v) is 2.38. The van der Waals surface area contributed by atoms with Gasteiger partial charge in [-0.25, -0.2) is 0 Å². The minimum Gasteiger partial charge on any atom is -0.346 e. The Balaban J connectivity index is 1.92. The van der Waals surface area contributed by atoms with Gasteiger partial charge in [-0.3, -0.25) is 0 Å². The Hall–Kier alpha value is -1.28. The number of benzene rings is 1. The van der Waals surface area contributed by atoms with Crippen LogP contribution in [0.4, 0.5) is 0 Å². The van der Waals surface area contributed by atoms with E-state index in [0.717, 1.165) is 19.0 Å². The van der Waals surface area contributed by atoms with E-state index in [-0.39, 0.29) is 0 Å². The molecule has 0 bridgehead atoms. The molecule has 1 aromatic carbocycles. The summed E-state index contributed by atoms with van der Waals surface area (Å²) < 4.78 is 2.31. The molecule has 2 nitrogen and oxygen atoms in total. The Kier molecular flexibility index (Phi) is 2.67. The average molecular weight is 228 g/mol. The van der Waals surface area contributed by atoms with Gasteiger partial charge in [0, 0.05) is 36.2 Å². The van der Waals surface area contributed by atoms with Gasteiger partial charge in [-0.1, -0.05) is 13.0 Å². The molecule has 90 valence electrons. The van der Waals surface area contributed by atoms with Crippen molar-refractivity contribution in [1.29, 1.82) is 0 Å². The predicted molar refractivity (Wildman–Crippen MR) is 72.2 cm³/mol. The monoisotopic (exact) mass is 228 g/mol. The van der Waals surface area contributed by atoms with Crippen LogP contribution in [0.1, 0.15) is 31.0 Å². The number of rotatable bonds is 4. The summed E-state index contributed by atoms with van der Waals surface area (Å²) in [5.74, 6) is 0. The number of aromatic nitrogens is 1. The van der Waals surface area contributed by atoms with E-state index in [2.05, 4.69) is 48.1 Å². The quantitative estimate of drug-likeness (QED) is 0.851. The van der Waals surface area contributed by atoms with Crippen molar-refractivity contribution in [3.8, 4) is 0 Å². The molecule has 0 atom stereocenters. The third kappa shape index (κ3) is 2.09. The second-order valence-electron chi connectivity index (χ2n) is 5.10. The number of aryl methyl sites for hydroxylation is 2. The van der Waals surface area contributed by atoms with Gasteiger partial charge < -0.3 is 9.88 Å². The lowest BCUT2D eigenvalue weighted by Crippen LogP contribution is -2.17. The Morgan fingerprint density at radius 1 is 1.29 bits per heavy atom. The van der Waals surface area contributed by atoms with Gasteiger partial charge in [0.25, 0.3) is 0 Å². The number of nitrogens with zero attached hydrogens (tertiary/aromatic N) is 1. The Morgan fingerprint density at radius 2 is 2.12 bits per heavy atom. The number of hydrogen-bond acceptors (Lipinski definition) is 1. The van der Waals surface area contributed by atoms with Crippen LogP contribution in [0.3, 0.4) is 0 Å². The molecular formula is C15H20N2. The molecule has 2 heteroatoms. The van der Waals surface area contributed by atoms with E-state index in [1.54, 1.807) is 0 Å². The zero-order valence-corrected chi connectivity index (χ0v) is 10.7. The summed E-state index contributed by atoms with van der Waals surface area (Å²) >= 11 is 0. The highest BCUT2D eigenvalue weighted by molar-refractivity contribution is 5.82. The normalized spacial score (nSPS) is 15.6. The highest BCUT2D eigenvalue weighted by Gasteiger charge is 2.20. The van der Waals surface area contributed by atoms with Crippen LogP contribution in [0.2, 0.25) is 0 Å². The van der Waals surface area contributed by atoms with Gasteiger partial charge >= 0.3 is 0 Å². The number of nitrogens with one attached hydrogen (secondary N) is 1. The standard InChI is InChI=1S/C15H20N2/c1-3-11-4-7-15-12(8-11)9-14(17(15)2)10-16-13-5-6-13/h4,7-9,13,16H,3,5-6,10H2,1-2H3. The lowest BCUT2D eigenvalue weighted by atomic mass is 10.1. The lowest BCUT2D eigenvalue weighted by Gasteiger charge is -2.05. The molecule has 2 aromatic rings. The molecule has 1 aliphatic carbocycles. The summed E-state index contributed by atoms with van der Waals surface area (Å²) in [6.07, 6.45) is 3.81. The molecular weight excluding hydrogens is 208 g/mol. The van der Waals surface area contributed by atoms with Gasteiger partial charge in [-0.05, 0) is 43.0 Å². The first kappa shape index (κ1) is 10.8. The van der Waals surface area contributed by atoms with E-state index >= 15 is 0 Å². The first-order chi connectivity index (χ1) is 8.28. The van der Waals surface area contributed by atoms with Crippen LogP contribution in [-0.4, -0.2) is 10.6 Å². The SMILES string of the molecule is CCc1ccc2c(c1)cc(CNC1CC1)n2C. The van der Waals surface area contributed by atoms with Gasteiger partial charge in [0.15, 0.2) is 0 Å². The van der Waals surface area contributed by atoms with E-state index in [1.165, 1.54) is 35.0 Å². The molecule has 0 aliphatic heterocycles. The van der Waals surface area contributed by atoms with Gasteiger partial charge in [-0.15, -0.1) is 0 Å². The maximum absolute atomic E-state index is 3.58. The van der Waals surface area contributed by atoms with Crippen LogP contribution in [0.5, 0.6) is 0 Å². The Morgan fingerprint density at radius 3 is 2.82 bits per heavy atom. The van der Waals surface area contributed by atoms with Crippen molar-refractivity contribution in [2.24, 2.45) is 7.05 Å². The van der Waals surface area contributed by atoms with Crippen molar-refractivity contribution >= 4 is 10.9 Å². The third-order valence-corrected chi connectivity index (χ3v) is 3.76. The van der Waals surface area contributed by atoms with Crippen LogP contribution in [-0.2, 0) is 20.0 Å². The van der Waals surface area contributed by atoms with Gasteiger partial charge in [0.2, 0.25) is 0 Å². The van der Waals surface area contributed by atoms with Crippen molar-refractivity contribution in [3.05, 3.63) is 35.5 Å². The fourth-order valence-electron chi connectivity index (χ4n) is 2.38. The molecule has 0 spiro atoms. The summed E-state index contributed by atoms with van der Waals surface area (Å²) in [6, 6.07) is 9.90. The van der Waals surface area contributed by atoms with Crippen molar-refractivity contribution in [3.63, 3.8) is 0 Å². The number of fused-ring (bicyclic) bond motifs is 1. The smallest absolute Gasteiger partial charge is 0.0480 e. The Labute approximate surface area is 103 Å². The highest BCUT2D eigenvalue weighted by atomic mass is 15.0. The van der Waals surface area contributed by atoms with Crippen molar-refractivity contribution < 1.29 is 0 Å². The molecule has 17 heavy (non-hydrogen) atoms. The minimum atomic E-state index is 0.777. The van der Waals surface area contributed by atoms with E-state index in [4.69, 9.17) is 0 Å². The molecule has 1 saturated carbocycles. The molecule has 0 radical (unpaired) electrons. The van der Waals surface area contributed by atoms with Crippen LogP contribution < -0.4 is 5.32 Å². The second kappa shape index (κ2) is 4.19. The predicted octanol–water partition coefficient (Wildman–Crippen LogP) is 2.99. The van der Waals surface area contributed by atoms with E-state index in [9.17, 15) is 0 Å². The van der Waals surface area contributed by atoms with E-state index in [1.807, 2.05) is 0 Å². The van der Waals surface area contributed by atoms with Crippen LogP contribution in [0.25, 0.3) is 10.9 Å². The maximum Gasteiger partial charge on any atom is 0.0480 e. The summed E-state index contributed by atoms with van der Waals surface area (Å²) in [5.41, 5.74) is 4.15. The molecule has 0 amide bonds. The molecule has 1 aromatic heterocycles. The molecule has 1 aliphatic rings. The first-order valence-corrected chi connectivity index (χ1v) is 6.58. The van der Waals surface area contributed by atoms with Gasteiger partial charge in [0.05, 0.1) is 0 Å². The van der Waals surface area contributed by atoms with Crippen LogP contribution >= 0.6 is 0 Å². The first-order valence-electron chi connectivity index (χ1n) is 6.58. The Bertz CT molecular complexity index is 535. The van der Waals surface area contributed by atoms with Crippen LogP contribution in [0, 0.1) is 0 Å². The fraction of sp³-hybridized carbons (Fsp3) is 0.467. The topological polar surface area (TPSA) is 17.0 Å². The van der Waals surface area contributed by atoms with Crippen molar-refractivity contribution in [2.45, 2.75) is 38.8 Å². The third-order valence-electron chi connectivity index (χ3n) is 3.76. The van der Waals surface area contributed by atoms with Crippen molar-refractivity contribution in [2.75, 3.05) is 0 Å². The van der Waals surface area contributed by atoms with E-state index < -0.39 is 0 Å². The van der Waals surface area contributed by atoms with Crippen molar-refractivity contribution in [1.82, 2.24) is 9.88 Å². The summed E-state index contributed by atoms with van der Waals surface area (Å²) in [6.45, 7) is 3.21. The molecule has 1 N–H and O–H groups in total. The average Bonchev–Trinajstić information content (AvgIpc) is 3.12. The van der Waals surface area contributed by atoms with Gasteiger partial charge in [0.1, 0.15) is 0 Å². The highest BCUT2D eigenvalue weighted by Crippen LogP contribution is 2.23. The summed E-state index contributed by atoms with van der Waals surface area (Å²) in [7, 11) is 2.16. The summed E-state index contributed by atoms with van der Waals surface area (Å²) in [4.78, 5) is 0. The lowest BCUT2D eigenvalue weighted by molar-refractivity contribution is 0.655. The number of hydrogen-bond donors (Lipinski definition) is 1. The largest absolute Gasteiger partial charge is 0.346 e. The van der Waals surface area contributed by atoms with Crippen LogP contribution in [0.15, 0.2) is 24.3 Å². The zero-order chi connectivity index (χ0) is 11.8. The van der Waals surface area contributed by atoms with E-state index in [0.29, 0.717) is 0 Å². The molecule has 1 fully saturated rings. The van der Waals surface area contributed by atoms with Gasteiger partial charge in [-0.2, -0.15) is 0 Å². The maximum atomic E-state index is 3.58. The second-order valence-corrected chi connectivity index (χ2v) is 5.10.